The Balaban J connectivity index is 2.01. The van der Waals surface area contributed by atoms with E-state index in [1.54, 1.807) is 17.0 Å². The summed E-state index contributed by atoms with van der Waals surface area (Å²) in [5.41, 5.74) is 5.70. The largest absolute Gasteiger partial charge is 0.473 e. The van der Waals surface area contributed by atoms with Crippen LogP contribution < -0.4 is 16.0 Å². The van der Waals surface area contributed by atoms with Gasteiger partial charge >= 0.3 is 5.56 Å². The highest BCUT2D eigenvalue weighted by Gasteiger charge is 2.25. The average Bonchev–Trinajstić information content (AvgIpc) is 2.48. The fraction of sp³-hybridized carbons (Fsp3) is 0.750. The molecule has 0 aliphatic heterocycles. The molecule has 2 rings (SSSR count). The average molecular weight is 293 g/mol. The summed E-state index contributed by atoms with van der Waals surface area (Å²) in [5.74, 6) is 1.60. The van der Waals surface area contributed by atoms with Gasteiger partial charge in [0, 0.05) is 18.9 Å². The summed E-state index contributed by atoms with van der Waals surface area (Å²) in [5, 5.41) is 0. The number of nitrogens with zero attached hydrogens (tertiary/aromatic N) is 2. The highest BCUT2D eigenvalue weighted by molar-refractivity contribution is 5.04. The minimum Gasteiger partial charge on any atom is -0.473 e. The summed E-state index contributed by atoms with van der Waals surface area (Å²) in [7, 11) is 0. The van der Waals surface area contributed by atoms with E-state index in [1.165, 1.54) is 19.3 Å². The highest BCUT2D eigenvalue weighted by atomic mass is 16.5. The molecule has 0 bridgehead atoms. The van der Waals surface area contributed by atoms with Gasteiger partial charge < -0.3 is 15.0 Å². The summed E-state index contributed by atoms with van der Waals surface area (Å²) in [6.07, 6.45) is 8.14. The number of hydrogen-bond donors (Lipinski definition) is 1. The lowest BCUT2D eigenvalue weighted by atomic mass is 9.80. The number of aromatic nitrogens is 2. The zero-order chi connectivity index (χ0) is 15.2. The minimum absolute atomic E-state index is 0.133. The first-order valence-corrected chi connectivity index (χ1v) is 8.00. The molecule has 0 radical (unpaired) electrons. The van der Waals surface area contributed by atoms with Gasteiger partial charge in [0.25, 0.3) is 5.88 Å². The van der Waals surface area contributed by atoms with Crippen LogP contribution in [0, 0.1) is 17.8 Å². The summed E-state index contributed by atoms with van der Waals surface area (Å²) >= 11 is 0. The van der Waals surface area contributed by atoms with Crippen LogP contribution >= 0.6 is 0 Å². The van der Waals surface area contributed by atoms with E-state index in [0.717, 1.165) is 6.42 Å². The first-order valence-electron chi connectivity index (χ1n) is 8.00. The van der Waals surface area contributed by atoms with Crippen LogP contribution in [-0.4, -0.2) is 22.7 Å². The Kier molecular flexibility index (Phi) is 5.79. The quantitative estimate of drug-likeness (QED) is 0.871. The molecule has 1 aromatic rings. The van der Waals surface area contributed by atoms with Crippen molar-refractivity contribution < 1.29 is 4.74 Å². The van der Waals surface area contributed by atoms with Crippen LogP contribution in [0.25, 0.3) is 0 Å². The van der Waals surface area contributed by atoms with Gasteiger partial charge in [-0.25, -0.2) is 4.98 Å². The molecule has 1 heterocycles. The van der Waals surface area contributed by atoms with Crippen LogP contribution in [0.4, 0.5) is 0 Å². The minimum atomic E-state index is -0.133. The van der Waals surface area contributed by atoms with Crippen LogP contribution in [0.5, 0.6) is 5.88 Å². The second kappa shape index (κ2) is 7.59. The molecule has 5 heteroatoms. The van der Waals surface area contributed by atoms with Crippen LogP contribution in [0.15, 0.2) is 17.2 Å². The van der Waals surface area contributed by atoms with Crippen molar-refractivity contribution in [3.8, 4) is 5.88 Å². The summed E-state index contributed by atoms with van der Waals surface area (Å²) < 4.78 is 7.41. The smallest absolute Gasteiger partial charge is 0.313 e. The topological polar surface area (TPSA) is 70.1 Å². The van der Waals surface area contributed by atoms with Crippen molar-refractivity contribution >= 4 is 0 Å². The lowest BCUT2D eigenvalue weighted by Crippen LogP contribution is -2.32. The third kappa shape index (κ3) is 4.30. The van der Waals surface area contributed by atoms with Gasteiger partial charge in [-0.2, -0.15) is 0 Å². The maximum absolute atomic E-state index is 12.3. The molecule has 2 N–H and O–H groups in total. The first-order chi connectivity index (χ1) is 10.1. The zero-order valence-electron chi connectivity index (χ0n) is 13.1. The van der Waals surface area contributed by atoms with Crippen LogP contribution in [0.1, 0.15) is 39.5 Å². The van der Waals surface area contributed by atoms with Gasteiger partial charge in [0.1, 0.15) is 0 Å². The maximum Gasteiger partial charge on any atom is 0.313 e. The van der Waals surface area contributed by atoms with E-state index in [2.05, 4.69) is 18.8 Å². The van der Waals surface area contributed by atoms with Crippen molar-refractivity contribution in [2.45, 2.75) is 46.1 Å². The molecule has 0 amide bonds. The zero-order valence-corrected chi connectivity index (χ0v) is 13.1. The van der Waals surface area contributed by atoms with E-state index in [4.69, 9.17) is 10.5 Å². The van der Waals surface area contributed by atoms with Crippen molar-refractivity contribution in [3.63, 3.8) is 0 Å². The standard InChI is InChI=1S/C16H27N3O2/c1-12(2)10-19-8-7-18-15(16(19)20)21-11-14-6-4-3-5-13(14)9-17/h7-8,12-14H,3-6,9-11,17H2,1-2H3. The fourth-order valence-electron chi connectivity index (χ4n) is 3.06. The Hall–Kier alpha value is -1.36. The van der Waals surface area contributed by atoms with Crippen molar-refractivity contribution in [3.05, 3.63) is 22.7 Å². The van der Waals surface area contributed by atoms with Crippen LogP contribution in [0.2, 0.25) is 0 Å². The van der Waals surface area contributed by atoms with Gasteiger partial charge in [-0.3, -0.25) is 4.79 Å². The lowest BCUT2D eigenvalue weighted by Gasteiger charge is -2.30. The van der Waals surface area contributed by atoms with E-state index in [-0.39, 0.29) is 11.4 Å². The molecule has 2 unspecified atom stereocenters. The number of nitrogens with two attached hydrogens (primary N) is 1. The van der Waals surface area contributed by atoms with Crippen molar-refractivity contribution in [2.75, 3.05) is 13.2 Å². The highest BCUT2D eigenvalue weighted by Crippen LogP contribution is 2.29. The summed E-state index contributed by atoms with van der Waals surface area (Å²) in [4.78, 5) is 16.4. The molecule has 1 saturated carbocycles. The van der Waals surface area contributed by atoms with Crippen LogP contribution in [0.3, 0.4) is 0 Å². The van der Waals surface area contributed by atoms with E-state index >= 15 is 0 Å². The summed E-state index contributed by atoms with van der Waals surface area (Å²) in [6.45, 7) is 6.11. The monoisotopic (exact) mass is 293 g/mol. The number of rotatable bonds is 6. The molecule has 0 saturated heterocycles. The molecule has 2 atom stereocenters. The molecule has 21 heavy (non-hydrogen) atoms. The third-order valence-electron chi connectivity index (χ3n) is 4.25. The van der Waals surface area contributed by atoms with Gasteiger partial charge in [-0.1, -0.05) is 26.7 Å². The molecule has 1 aliphatic rings. The first kappa shape index (κ1) is 16.0. The van der Waals surface area contributed by atoms with Gasteiger partial charge in [0.05, 0.1) is 6.61 Å². The lowest BCUT2D eigenvalue weighted by molar-refractivity contribution is 0.147. The molecule has 5 nitrogen and oxygen atoms in total. The maximum atomic E-state index is 12.3. The van der Waals surface area contributed by atoms with Gasteiger partial charge in [0.15, 0.2) is 0 Å². The summed E-state index contributed by atoms with van der Waals surface area (Å²) in [6, 6.07) is 0. The second-order valence-corrected chi connectivity index (χ2v) is 6.44. The van der Waals surface area contributed by atoms with Crippen molar-refractivity contribution in [2.24, 2.45) is 23.5 Å². The van der Waals surface area contributed by atoms with E-state index < -0.39 is 0 Å². The van der Waals surface area contributed by atoms with Crippen molar-refractivity contribution in [1.29, 1.82) is 0 Å². The molecule has 1 aromatic heterocycles. The van der Waals surface area contributed by atoms with Gasteiger partial charge in [-0.15, -0.1) is 0 Å². The van der Waals surface area contributed by atoms with E-state index in [9.17, 15) is 4.79 Å². The van der Waals surface area contributed by atoms with Crippen molar-refractivity contribution in [1.82, 2.24) is 9.55 Å². The Morgan fingerprint density at radius 2 is 2.10 bits per heavy atom. The Bertz CT molecular complexity index is 499. The molecule has 0 aromatic carbocycles. The predicted molar refractivity (Wildman–Crippen MR) is 83.3 cm³/mol. The molecule has 1 aliphatic carbocycles. The number of hydrogen-bond acceptors (Lipinski definition) is 4. The molecule has 1 fully saturated rings. The van der Waals surface area contributed by atoms with Crippen LogP contribution in [-0.2, 0) is 6.54 Å². The number of ether oxygens (including phenoxy) is 1. The normalized spacial score (nSPS) is 22.5. The molecule has 0 spiro atoms. The Morgan fingerprint density at radius 1 is 1.38 bits per heavy atom. The molecular formula is C16H27N3O2. The Labute approximate surface area is 126 Å². The van der Waals surface area contributed by atoms with E-state index in [0.29, 0.717) is 37.5 Å². The SMILES string of the molecule is CC(C)Cn1ccnc(OCC2CCCCC2CN)c1=O. The second-order valence-electron chi connectivity index (χ2n) is 6.44. The third-order valence-corrected chi connectivity index (χ3v) is 4.25. The molecule has 118 valence electrons. The van der Waals surface area contributed by atoms with E-state index in [1.807, 2.05) is 0 Å². The Morgan fingerprint density at radius 3 is 2.76 bits per heavy atom. The molecular weight excluding hydrogens is 266 g/mol. The predicted octanol–water partition coefficient (Wildman–Crippen LogP) is 2.04. The fourth-order valence-corrected chi connectivity index (χ4v) is 3.06. The van der Waals surface area contributed by atoms with Gasteiger partial charge in [-0.05, 0) is 37.1 Å². The van der Waals surface area contributed by atoms with Gasteiger partial charge in [0.2, 0.25) is 0 Å².